The zero-order chi connectivity index (χ0) is 24.1. The normalized spacial score (nSPS) is 23.6. The predicted molar refractivity (Wildman–Crippen MR) is 132 cm³/mol. The fraction of sp³-hybridized carbons (Fsp3) is 0.300. The van der Waals surface area contributed by atoms with Gasteiger partial charge in [0.1, 0.15) is 5.75 Å². The summed E-state index contributed by atoms with van der Waals surface area (Å²) in [5.41, 5.74) is 5.05. The molecule has 0 spiro atoms. The van der Waals surface area contributed by atoms with Crippen molar-refractivity contribution >= 4 is 23.5 Å². The minimum atomic E-state index is -0.433. The van der Waals surface area contributed by atoms with Crippen LogP contribution in [0.2, 0.25) is 0 Å². The van der Waals surface area contributed by atoms with E-state index in [2.05, 4.69) is 31.2 Å². The van der Waals surface area contributed by atoms with E-state index in [9.17, 15) is 14.4 Å². The summed E-state index contributed by atoms with van der Waals surface area (Å²) in [5.74, 6) is -1.44. The summed E-state index contributed by atoms with van der Waals surface area (Å²) < 4.78 is 5.52. The molecule has 3 aliphatic carbocycles. The highest BCUT2D eigenvalue weighted by atomic mass is 16.5. The monoisotopic (exact) mass is 465 g/mol. The Bertz CT molecular complexity index is 1230. The van der Waals surface area contributed by atoms with E-state index in [1.807, 2.05) is 24.3 Å². The molecule has 1 fully saturated rings. The maximum atomic E-state index is 13.9. The molecule has 0 unspecified atom stereocenters. The maximum Gasteiger partial charge on any atom is 0.311 e. The number of imide groups is 1. The van der Waals surface area contributed by atoms with Crippen molar-refractivity contribution in [3.05, 3.63) is 95.1 Å². The van der Waals surface area contributed by atoms with E-state index >= 15 is 0 Å². The second-order valence-corrected chi connectivity index (χ2v) is 9.71. The molecule has 5 nitrogen and oxygen atoms in total. The lowest BCUT2D eigenvalue weighted by atomic mass is 9.55. The van der Waals surface area contributed by atoms with Gasteiger partial charge in [-0.1, -0.05) is 74.4 Å². The zero-order valence-corrected chi connectivity index (χ0v) is 19.6. The number of hydrogen-bond donors (Lipinski definition) is 0. The van der Waals surface area contributed by atoms with E-state index in [4.69, 9.17) is 4.74 Å². The lowest BCUT2D eigenvalue weighted by molar-refractivity contribution is -0.134. The Morgan fingerprint density at radius 2 is 1.31 bits per heavy atom. The third-order valence-corrected chi connectivity index (χ3v) is 7.74. The first-order valence-corrected chi connectivity index (χ1v) is 12.5. The van der Waals surface area contributed by atoms with Crippen molar-refractivity contribution in [2.24, 2.45) is 11.8 Å². The first-order valence-electron chi connectivity index (χ1n) is 12.5. The molecule has 1 aliphatic heterocycles. The average molecular weight is 466 g/mol. The number of ether oxygens (including phenoxy) is 1. The molecule has 0 saturated carbocycles. The third kappa shape index (κ3) is 3.33. The highest BCUT2D eigenvalue weighted by Gasteiger charge is 2.61. The lowest BCUT2D eigenvalue weighted by Gasteiger charge is -2.45. The van der Waals surface area contributed by atoms with Gasteiger partial charge in [0.05, 0.1) is 17.5 Å². The largest absolute Gasteiger partial charge is 0.426 e. The van der Waals surface area contributed by atoms with Crippen molar-refractivity contribution in [2.75, 3.05) is 4.90 Å². The number of nitrogens with zero attached hydrogens (tertiary/aromatic N) is 1. The van der Waals surface area contributed by atoms with E-state index in [0.717, 1.165) is 41.5 Å². The Morgan fingerprint density at radius 3 is 1.83 bits per heavy atom. The van der Waals surface area contributed by atoms with E-state index in [-0.39, 0.29) is 29.6 Å². The highest BCUT2D eigenvalue weighted by Crippen LogP contribution is 2.61. The number of rotatable bonds is 6. The molecule has 3 aromatic rings. The van der Waals surface area contributed by atoms with Crippen LogP contribution < -0.4 is 9.64 Å². The number of unbranched alkanes of at least 4 members (excludes halogenated alkanes) is 2. The van der Waals surface area contributed by atoms with Crippen LogP contribution in [-0.4, -0.2) is 17.8 Å². The SMILES string of the molecule is CCCCCC(=O)Oc1cccc(N2C(=O)[C@@H]3C4c5ccccc5C(c5ccccc54)[C@@H]3C2=O)c1. The van der Waals surface area contributed by atoms with E-state index in [1.54, 1.807) is 24.3 Å². The van der Waals surface area contributed by atoms with Gasteiger partial charge in [-0.25, -0.2) is 4.90 Å². The fourth-order valence-corrected chi connectivity index (χ4v) is 6.32. The van der Waals surface area contributed by atoms with Crippen LogP contribution in [0.25, 0.3) is 0 Å². The Kier molecular flexibility index (Phi) is 5.28. The minimum absolute atomic E-state index is 0.140. The highest BCUT2D eigenvalue weighted by molar-refractivity contribution is 6.23. The van der Waals surface area contributed by atoms with Crippen molar-refractivity contribution < 1.29 is 19.1 Å². The minimum Gasteiger partial charge on any atom is -0.426 e. The molecule has 176 valence electrons. The first kappa shape index (κ1) is 21.8. The smallest absolute Gasteiger partial charge is 0.311 e. The molecule has 1 saturated heterocycles. The van der Waals surface area contributed by atoms with Crippen LogP contribution in [0.3, 0.4) is 0 Å². The Labute approximate surface area is 204 Å². The van der Waals surface area contributed by atoms with Gasteiger partial charge in [-0.2, -0.15) is 0 Å². The van der Waals surface area contributed by atoms with Gasteiger partial charge in [0, 0.05) is 24.3 Å². The van der Waals surface area contributed by atoms with Gasteiger partial charge in [0.25, 0.3) is 0 Å². The molecule has 7 rings (SSSR count). The van der Waals surface area contributed by atoms with Crippen molar-refractivity contribution in [1.82, 2.24) is 0 Å². The second-order valence-electron chi connectivity index (χ2n) is 9.71. The molecular weight excluding hydrogens is 438 g/mol. The number of carbonyl (C=O) groups is 3. The molecular formula is C30H27NO4. The Balaban J connectivity index is 1.35. The maximum absolute atomic E-state index is 13.9. The van der Waals surface area contributed by atoms with Crippen molar-refractivity contribution in [3.8, 4) is 5.75 Å². The summed E-state index contributed by atoms with van der Waals surface area (Å²) in [4.78, 5) is 41.3. The second kappa shape index (κ2) is 8.49. The summed E-state index contributed by atoms with van der Waals surface area (Å²) >= 11 is 0. The van der Waals surface area contributed by atoms with Crippen LogP contribution in [0.1, 0.15) is 66.7 Å². The quantitative estimate of drug-likeness (QED) is 0.207. The standard InChI is InChI=1S/C30H27NO4/c1-2-3-4-16-24(32)35-19-11-9-10-18(17-19)31-29(33)27-25-20-12-5-6-13-21(20)26(28(27)30(31)34)23-15-8-7-14-22(23)25/h5-15,17,25-28H,2-4,16H2,1H3/t25?,26?,27-,28+. The van der Waals surface area contributed by atoms with Crippen LogP contribution in [0.4, 0.5) is 5.69 Å². The molecule has 2 amide bonds. The molecule has 5 heteroatoms. The van der Waals surface area contributed by atoms with Gasteiger partial charge in [-0.15, -0.1) is 0 Å². The zero-order valence-electron chi connectivity index (χ0n) is 19.6. The number of anilines is 1. The van der Waals surface area contributed by atoms with E-state index < -0.39 is 11.8 Å². The van der Waals surface area contributed by atoms with Crippen LogP contribution in [0.5, 0.6) is 5.75 Å². The number of hydrogen-bond acceptors (Lipinski definition) is 4. The third-order valence-electron chi connectivity index (χ3n) is 7.74. The molecule has 3 aromatic carbocycles. The van der Waals surface area contributed by atoms with Gasteiger partial charge < -0.3 is 4.74 Å². The van der Waals surface area contributed by atoms with Crippen LogP contribution in [0, 0.1) is 11.8 Å². The summed E-state index contributed by atoms with van der Waals surface area (Å²) in [6.45, 7) is 2.08. The molecule has 1 heterocycles. The summed E-state index contributed by atoms with van der Waals surface area (Å²) in [7, 11) is 0. The van der Waals surface area contributed by atoms with Crippen molar-refractivity contribution in [2.45, 2.75) is 44.4 Å². The van der Waals surface area contributed by atoms with Crippen LogP contribution in [-0.2, 0) is 14.4 Å². The molecule has 0 radical (unpaired) electrons. The topological polar surface area (TPSA) is 63.7 Å². The van der Waals surface area contributed by atoms with Gasteiger partial charge in [0.15, 0.2) is 0 Å². The number of esters is 1. The van der Waals surface area contributed by atoms with E-state index in [1.165, 1.54) is 4.90 Å². The van der Waals surface area contributed by atoms with Gasteiger partial charge >= 0.3 is 5.97 Å². The molecule has 0 N–H and O–H groups in total. The molecule has 35 heavy (non-hydrogen) atoms. The summed E-state index contributed by atoms with van der Waals surface area (Å²) in [6, 6.07) is 23.2. The lowest BCUT2D eigenvalue weighted by Crippen LogP contribution is -2.41. The molecule has 2 bridgehead atoms. The van der Waals surface area contributed by atoms with Gasteiger partial charge in [-0.05, 0) is 40.8 Å². The number of benzene rings is 3. The summed E-state index contributed by atoms with van der Waals surface area (Å²) in [5, 5.41) is 0. The Morgan fingerprint density at radius 1 is 0.771 bits per heavy atom. The van der Waals surface area contributed by atoms with E-state index in [0.29, 0.717) is 17.9 Å². The van der Waals surface area contributed by atoms with Crippen molar-refractivity contribution in [1.29, 1.82) is 0 Å². The Hall–Kier alpha value is -3.73. The fourth-order valence-electron chi connectivity index (χ4n) is 6.32. The van der Waals surface area contributed by atoms with Crippen LogP contribution in [0.15, 0.2) is 72.8 Å². The predicted octanol–water partition coefficient (Wildman–Crippen LogP) is 5.57. The van der Waals surface area contributed by atoms with Gasteiger partial charge in [-0.3, -0.25) is 14.4 Å². The van der Waals surface area contributed by atoms with Crippen LogP contribution >= 0.6 is 0 Å². The average Bonchev–Trinajstić information content (AvgIpc) is 3.15. The molecule has 0 aromatic heterocycles. The first-order chi connectivity index (χ1) is 17.1. The van der Waals surface area contributed by atoms with Crippen molar-refractivity contribution in [3.63, 3.8) is 0 Å². The number of amides is 2. The number of carbonyl (C=O) groups excluding carboxylic acids is 3. The molecule has 2 atom stereocenters. The molecule has 4 aliphatic rings. The van der Waals surface area contributed by atoms with Gasteiger partial charge in [0.2, 0.25) is 11.8 Å². The summed E-state index contributed by atoms with van der Waals surface area (Å²) in [6.07, 6.45) is 3.14.